The largest absolute Gasteiger partial charge is 0.354 e. The van der Waals surface area contributed by atoms with Gasteiger partial charge in [-0.2, -0.15) is 0 Å². The summed E-state index contributed by atoms with van der Waals surface area (Å²) < 4.78 is 5.28. The monoisotopic (exact) mass is 428 g/mol. The van der Waals surface area contributed by atoms with Crippen LogP contribution in [0.2, 0.25) is 0 Å². The highest BCUT2D eigenvalue weighted by Crippen LogP contribution is 2.24. The van der Waals surface area contributed by atoms with Gasteiger partial charge < -0.3 is 9.42 Å². The van der Waals surface area contributed by atoms with Crippen LogP contribution in [0.5, 0.6) is 0 Å². The van der Waals surface area contributed by atoms with Gasteiger partial charge in [-0.15, -0.1) is 0 Å². The number of benzene rings is 2. The first-order valence-corrected chi connectivity index (χ1v) is 11.5. The number of carbonyl (C=O) groups excluding carboxylic acids is 1. The fourth-order valence-electron chi connectivity index (χ4n) is 4.53. The molecule has 1 aliphatic heterocycles. The maximum Gasteiger partial charge on any atom is 0.323 e. The number of para-hydroxylation sites is 1. The molecule has 0 atom stereocenters. The van der Waals surface area contributed by atoms with Crippen LogP contribution in [-0.2, 0) is 6.54 Å². The lowest BCUT2D eigenvalue weighted by Crippen LogP contribution is -2.49. The molecule has 2 amide bonds. The van der Waals surface area contributed by atoms with Crippen molar-refractivity contribution >= 4 is 22.8 Å². The van der Waals surface area contributed by atoms with Crippen molar-refractivity contribution in [2.24, 2.45) is 5.92 Å². The number of nitrogens with one attached hydrogen (secondary N) is 1. The highest BCUT2D eigenvalue weighted by molar-refractivity contribution is 5.98. The minimum absolute atomic E-state index is 0.132. The summed E-state index contributed by atoms with van der Waals surface area (Å²) in [7, 11) is 0. The number of rotatable bonds is 3. The number of hydrogen-bond donors (Lipinski definition) is 1. The molecule has 2 aromatic carbocycles. The van der Waals surface area contributed by atoms with Crippen LogP contribution >= 0.6 is 0 Å². The van der Waals surface area contributed by atoms with Crippen LogP contribution < -0.4 is 5.32 Å². The number of fused-ring (bicyclic) bond motifs is 1. The molecule has 1 N–H and O–H groups in total. The molecule has 1 aromatic heterocycles. The Kier molecular flexibility index (Phi) is 6.09. The van der Waals surface area contributed by atoms with E-state index in [1.54, 1.807) is 0 Å². The van der Waals surface area contributed by atoms with Gasteiger partial charge in [0.15, 0.2) is 11.4 Å². The zero-order valence-electron chi connectivity index (χ0n) is 18.2. The molecule has 6 nitrogen and oxygen atoms in total. The minimum Gasteiger partial charge on any atom is -0.354 e. The second-order valence-electron chi connectivity index (χ2n) is 8.67. The predicted octanol–water partition coefficient (Wildman–Crippen LogP) is 4.72. The summed E-state index contributed by atoms with van der Waals surface area (Å²) in [6.45, 7) is 3.92. The van der Waals surface area contributed by atoms with Gasteiger partial charge >= 0.3 is 6.03 Å². The summed E-state index contributed by atoms with van der Waals surface area (Å²) in [4.78, 5) is 16.9. The summed E-state index contributed by atoms with van der Waals surface area (Å²) in [6.07, 6.45) is 5.13. The van der Waals surface area contributed by atoms with Gasteiger partial charge in [-0.05, 0) is 42.7 Å². The Morgan fingerprint density at radius 1 is 1.06 bits per heavy atom. The van der Waals surface area contributed by atoms with Crippen LogP contribution in [-0.4, -0.2) is 47.2 Å². The van der Waals surface area contributed by atoms with Crippen LogP contribution in [0.25, 0.3) is 11.0 Å². The Labute approximate surface area is 188 Å². The number of aromatic nitrogens is 1. The third-order valence-corrected chi connectivity index (χ3v) is 6.37. The smallest absolute Gasteiger partial charge is 0.323 e. The Morgan fingerprint density at radius 3 is 2.72 bits per heavy atom. The van der Waals surface area contributed by atoms with E-state index in [-0.39, 0.29) is 6.03 Å². The van der Waals surface area contributed by atoms with Crippen LogP contribution in [0.15, 0.2) is 53.1 Å². The molecule has 2 fully saturated rings. The zero-order chi connectivity index (χ0) is 21.8. The van der Waals surface area contributed by atoms with Gasteiger partial charge in [0.1, 0.15) is 0 Å². The molecule has 2 heterocycles. The topological polar surface area (TPSA) is 61.6 Å². The van der Waals surface area contributed by atoms with E-state index in [0.29, 0.717) is 30.4 Å². The van der Waals surface area contributed by atoms with Crippen molar-refractivity contribution in [1.82, 2.24) is 15.0 Å². The first-order valence-electron chi connectivity index (χ1n) is 11.5. The number of nitrogens with zero attached hydrogens (tertiary/aromatic N) is 3. The summed E-state index contributed by atoms with van der Waals surface area (Å²) in [6, 6.07) is 16.0. The number of anilines is 1. The van der Waals surface area contributed by atoms with E-state index in [1.807, 2.05) is 29.2 Å². The van der Waals surface area contributed by atoms with E-state index < -0.39 is 0 Å². The zero-order valence-corrected chi connectivity index (χ0v) is 18.2. The number of amides is 2. The third-order valence-electron chi connectivity index (χ3n) is 6.37. The van der Waals surface area contributed by atoms with E-state index in [2.05, 4.69) is 51.5 Å². The van der Waals surface area contributed by atoms with Crippen molar-refractivity contribution in [1.29, 1.82) is 0 Å². The highest BCUT2D eigenvalue weighted by atomic mass is 16.5. The van der Waals surface area contributed by atoms with E-state index in [9.17, 15) is 4.79 Å². The molecule has 6 heteroatoms. The first-order chi connectivity index (χ1) is 15.7. The number of piperazine rings is 1. The molecule has 0 spiro atoms. The molecule has 2 aliphatic rings. The van der Waals surface area contributed by atoms with Gasteiger partial charge in [0.25, 0.3) is 0 Å². The van der Waals surface area contributed by atoms with Gasteiger partial charge in [0, 0.05) is 44.2 Å². The molecule has 1 aliphatic carbocycles. The Morgan fingerprint density at radius 2 is 1.88 bits per heavy atom. The van der Waals surface area contributed by atoms with Crippen molar-refractivity contribution in [2.75, 3.05) is 31.5 Å². The van der Waals surface area contributed by atoms with Gasteiger partial charge in [-0.25, -0.2) is 4.79 Å². The SMILES string of the molecule is O=C(Nc1noc2ccccc12)N1CCN(Cc2cccc(C#CC3CCCC3)c2)CC1. The second-order valence-corrected chi connectivity index (χ2v) is 8.67. The predicted molar refractivity (Wildman–Crippen MR) is 125 cm³/mol. The number of urea groups is 1. The van der Waals surface area contributed by atoms with E-state index in [0.717, 1.165) is 30.6 Å². The molecular weight excluding hydrogens is 400 g/mol. The van der Waals surface area contributed by atoms with Gasteiger partial charge in [0.05, 0.1) is 5.39 Å². The van der Waals surface area contributed by atoms with Gasteiger partial charge in [-0.1, -0.05) is 54.1 Å². The molecule has 164 valence electrons. The summed E-state index contributed by atoms with van der Waals surface area (Å²) in [5.41, 5.74) is 3.05. The van der Waals surface area contributed by atoms with Crippen molar-refractivity contribution in [2.45, 2.75) is 32.2 Å². The first kappa shape index (κ1) is 20.6. The third kappa shape index (κ3) is 4.79. The molecular formula is C26H28N4O2. The van der Waals surface area contributed by atoms with Crippen molar-refractivity contribution in [3.05, 3.63) is 59.7 Å². The van der Waals surface area contributed by atoms with Crippen molar-refractivity contribution < 1.29 is 9.32 Å². The molecule has 0 radical (unpaired) electrons. The van der Waals surface area contributed by atoms with Crippen molar-refractivity contribution in [3.8, 4) is 11.8 Å². The molecule has 1 saturated heterocycles. The van der Waals surface area contributed by atoms with Crippen LogP contribution in [0.4, 0.5) is 10.6 Å². The normalized spacial score (nSPS) is 17.3. The molecule has 3 aromatic rings. The lowest BCUT2D eigenvalue weighted by molar-refractivity contribution is 0.143. The number of carbonyl (C=O) groups is 1. The Hall–Kier alpha value is -3.30. The quantitative estimate of drug-likeness (QED) is 0.613. The van der Waals surface area contributed by atoms with Crippen LogP contribution in [0, 0.1) is 17.8 Å². The molecule has 0 unspecified atom stereocenters. The van der Waals surface area contributed by atoms with E-state index in [1.165, 1.54) is 31.2 Å². The number of hydrogen-bond acceptors (Lipinski definition) is 4. The molecule has 1 saturated carbocycles. The fourth-order valence-corrected chi connectivity index (χ4v) is 4.53. The summed E-state index contributed by atoms with van der Waals surface area (Å²) >= 11 is 0. The molecule has 0 bridgehead atoms. The molecule has 5 rings (SSSR count). The van der Waals surface area contributed by atoms with E-state index >= 15 is 0 Å². The second kappa shape index (κ2) is 9.46. The maximum atomic E-state index is 12.7. The highest BCUT2D eigenvalue weighted by Gasteiger charge is 2.22. The van der Waals surface area contributed by atoms with Gasteiger partial charge in [0.2, 0.25) is 0 Å². The van der Waals surface area contributed by atoms with Crippen molar-refractivity contribution in [3.63, 3.8) is 0 Å². The van der Waals surface area contributed by atoms with E-state index in [4.69, 9.17) is 4.52 Å². The molecule has 32 heavy (non-hydrogen) atoms. The van der Waals surface area contributed by atoms with Crippen LogP contribution in [0.1, 0.15) is 36.8 Å². The Balaban J connectivity index is 1.14. The Bertz CT molecular complexity index is 1150. The summed E-state index contributed by atoms with van der Waals surface area (Å²) in [5.74, 6) is 7.88. The average Bonchev–Trinajstić information content (AvgIpc) is 3.49. The lowest BCUT2D eigenvalue weighted by Gasteiger charge is -2.34. The van der Waals surface area contributed by atoms with Gasteiger partial charge in [-0.3, -0.25) is 10.2 Å². The summed E-state index contributed by atoms with van der Waals surface area (Å²) in [5, 5.41) is 7.70. The minimum atomic E-state index is -0.132. The van der Waals surface area contributed by atoms with Crippen LogP contribution in [0.3, 0.4) is 0 Å². The average molecular weight is 429 g/mol. The standard InChI is InChI=1S/C26H28N4O2/c31-26(27-25-23-10-3-4-11-24(23)32-28-25)30-16-14-29(15-17-30)19-22-9-5-8-21(18-22)13-12-20-6-1-2-7-20/h3-5,8-11,18,20H,1-2,6-7,14-17,19H2,(H,27,28,31). The lowest BCUT2D eigenvalue weighted by atomic mass is 10.1. The fraction of sp³-hybridized carbons (Fsp3) is 0.385. The maximum absolute atomic E-state index is 12.7.